The third kappa shape index (κ3) is 2.69. The number of carboxylic acid groups (broad SMARTS) is 1. The Labute approximate surface area is 128 Å². The van der Waals surface area contributed by atoms with E-state index < -0.39 is 21.9 Å². The third-order valence-corrected chi connectivity index (χ3v) is 5.77. The van der Waals surface area contributed by atoms with Crippen LogP contribution < -0.4 is 0 Å². The second-order valence-corrected chi connectivity index (χ2v) is 7.34. The first kappa shape index (κ1) is 14.9. The van der Waals surface area contributed by atoms with Crippen LogP contribution in [0.3, 0.4) is 0 Å². The van der Waals surface area contributed by atoms with E-state index in [0.717, 1.165) is 10.9 Å². The number of pyridine rings is 1. The zero-order valence-corrected chi connectivity index (χ0v) is 12.7. The number of carbonyl (C=O) groups is 1. The highest BCUT2D eigenvalue weighted by Gasteiger charge is 2.33. The number of sulfonamides is 1. The third-order valence-electron chi connectivity index (χ3n) is 3.94. The van der Waals surface area contributed by atoms with Crippen LogP contribution in [0.15, 0.2) is 41.4 Å². The van der Waals surface area contributed by atoms with Gasteiger partial charge in [-0.05, 0) is 25.0 Å². The summed E-state index contributed by atoms with van der Waals surface area (Å²) in [5.41, 5.74) is 0.725. The van der Waals surface area contributed by atoms with E-state index in [1.54, 1.807) is 12.1 Å². The summed E-state index contributed by atoms with van der Waals surface area (Å²) in [6, 6.07) is 8.86. The topological polar surface area (TPSA) is 87.6 Å². The van der Waals surface area contributed by atoms with Crippen LogP contribution in [-0.4, -0.2) is 41.9 Å². The lowest BCUT2D eigenvalue weighted by molar-refractivity contribution is -0.142. The van der Waals surface area contributed by atoms with Crippen LogP contribution in [0.4, 0.5) is 0 Å². The van der Waals surface area contributed by atoms with Gasteiger partial charge >= 0.3 is 5.97 Å². The van der Waals surface area contributed by atoms with Gasteiger partial charge in [0.15, 0.2) is 0 Å². The minimum Gasteiger partial charge on any atom is -0.481 e. The van der Waals surface area contributed by atoms with Crippen LogP contribution in [0, 0.1) is 5.92 Å². The fourth-order valence-electron chi connectivity index (χ4n) is 2.70. The zero-order chi connectivity index (χ0) is 15.7. The van der Waals surface area contributed by atoms with Gasteiger partial charge in [-0.15, -0.1) is 0 Å². The highest BCUT2D eigenvalue weighted by molar-refractivity contribution is 7.89. The number of aliphatic carboxylic acids is 1. The summed E-state index contributed by atoms with van der Waals surface area (Å²) >= 11 is 0. The molecule has 116 valence electrons. The molecule has 2 aromatic rings. The number of nitrogens with zero attached hydrogens (tertiary/aromatic N) is 2. The van der Waals surface area contributed by atoms with Gasteiger partial charge in [-0.1, -0.05) is 18.2 Å². The average molecular weight is 320 g/mol. The van der Waals surface area contributed by atoms with E-state index >= 15 is 0 Å². The number of hydrogen-bond donors (Lipinski definition) is 1. The summed E-state index contributed by atoms with van der Waals surface area (Å²) in [5.74, 6) is -1.59. The van der Waals surface area contributed by atoms with Crippen LogP contribution >= 0.6 is 0 Å². The number of piperidine rings is 1. The molecule has 22 heavy (non-hydrogen) atoms. The van der Waals surface area contributed by atoms with Gasteiger partial charge in [0.25, 0.3) is 0 Å². The summed E-state index contributed by atoms with van der Waals surface area (Å²) in [6.45, 7) is 0.365. The highest BCUT2D eigenvalue weighted by atomic mass is 32.2. The minimum atomic E-state index is -3.71. The van der Waals surface area contributed by atoms with Gasteiger partial charge in [0, 0.05) is 24.7 Å². The molecule has 1 unspecified atom stereocenters. The normalized spacial score (nSPS) is 20.1. The number of fused-ring (bicyclic) bond motifs is 1. The van der Waals surface area contributed by atoms with Gasteiger partial charge in [0.1, 0.15) is 4.90 Å². The molecular formula is C15H16N2O4S. The molecule has 0 saturated carbocycles. The van der Waals surface area contributed by atoms with E-state index in [9.17, 15) is 13.2 Å². The van der Waals surface area contributed by atoms with Crippen molar-refractivity contribution in [1.29, 1.82) is 0 Å². The standard InChI is InChI=1S/C15H16N2O4S/c18-15(19)12-5-3-7-17(10-12)22(20,21)13-8-11-4-1-2-6-14(11)16-9-13/h1-2,4,6,8-9,12H,3,5,7,10H2,(H,18,19). The first-order valence-corrected chi connectivity index (χ1v) is 8.50. The van der Waals surface area contributed by atoms with Crippen molar-refractivity contribution in [3.05, 3.63) is 36.5 Å². The van der Waals surface area contributed by atoms with Gasteiger partial charge in [-0.2, -0.15) is 4.31 Å². The van der Waals surface area contributed by atoms with Crippen molar-refractivity contribution in [2.24, 2.45) is 5.92 Å². The first-order valence-electron chi connectivity index (χ1n) is 7.06. The molecule has 0 spiro atoms. The van der Waals surface area contributed by atoms with Crippen molar-refractivity contribution in [3.8, 4) is 0 Å². The van der Waals surface area contributed by atoms with Gasteiger partial charge in [-0.25, -0.2) is 8.42 Å². The Bertz CT molecular complexity index is 819. The molecule has 2 heterocycles. The number of para-hydroxylation sites is 1. The van der Waals surface area contributed by atoms with Crippen molar-refractivity contribution in [3.63, 3.8) is 0 Å². The van der Waals surface area contributed by atoms with E-state index in [0.29, 0.717) is 19.4 Å². The molecule has 0 aliphatic carbocycles. The van der Waals surface area contributed by atoms with Gasteiger partial charge in [0.2, 0.25) is 10.0 Å². The molecule has 1 N–H and O–H groups in total. The second kappa shape index (κ2) is 5.66. The van der Waals surface area contributed by atoms with Crippen LogP contribution in [0.2, 0.25) is 0 Å². The smallest absolute Gasteiger partial charge is 0.307 e. The number of aromatic nitrogens is 1. The van der Waals surface area contributed by atoms with Crippen LogP contribution in [0.1, 0.15) is 12.8 Å². The maximum absolute atomic E-state index is 12.7. The predicted octanol–water partition coefficient (Wildman–Crippen LogP) is 1.72. The Morgan fingerprint density at radius 3 is 2.86 bits per heavy atom. The molecule has 6 nitrogen and oxygen atoms in total. The molecule has 1 aromatic heterocycles. The van der Waals surface area contributed by atoms with Crippen LogP contribution in [0.5, 0.6) is 0 Å². The monoisotopic (exact) mass is 320 g/mol. The summed E-state index contributed by atoms with van der Waals surface area (Å²) in [5, 5.41) is 9.85. The maximum atomic E-state index is 12.7. The SMILES string of the molecule is O=C(O)C1CCCN(S(=O)(=O)c2cnc3ccccc3c2)C1. The molecule has 0 amide bonds. The Morgan fingerprint density at radius 1 is 1.32 bits per heavy atom. The Morgan fingerprint density at radius 2 is 2.09 bits per heavy atom. The van der Waals surface area contributed by atoms with E-state index in [-0.39, 0.29) is 11.4 Å². The first-order chi connectivity index (χ1) is 10.5. The van der Waals surface area contributed by atoms with E-state index in [2.05, 4.69) is 4.98 Å². The van der Waals surface area contributed by atoms with Crippen LogP contribution in [0.25, 0.3) is 10.9 Å². The summed E-state index contributed by atoms with van der Waals surface area (Å²) in [6.07, 6.45) is 2.40. The molecule has 1 aliphatic heterocycles. The quantitative estimate of drug-likeness (QED) is 0.930. The Hall–Kier alpha value is -1.99. The lowest BCUT2D eigenvalue weighted by Crippen LogP contribution is -2.42. The fraction of sp³-hybridized carbons (Fsp3) is 0.333. The summed E-state index contributed by atoms with van der Waals surface area (Å²) < 4.78 is 26.6. The Balaban J connectivity index is 1.95. The van der Waals surface area contributed by atoms with Crippen molar-refractivity contribution < 1.29 is 18.3 Å². The molecule has 3 rings (SSSR count). The van der Waals surface area contributed by atoms with Gasteiger partial charge in [0.05, 0.1) is 11.4 Å². The van der Waals surface area contributed by atoms with Crippen molar-refractivity contribution in [2.45, 2.75) is 17.7 Å². The van der Waals surface area contributed by atoms with E-state index in [4.69, 9.17) is 5.11 Å². The summed E-state index contributed by atoms with van der Waals surface area (Å²) in [4.78, 5) is 15.4. The van der Waals surface area contributed by atoms with Gasteiger partial charge in [-0.3, -0.25) is 9.78 Å². The molecular weight excluding hydrogens is 304 g/mol. The second-order valence-electron chi connectivity index (χ2n) is 5.40. The van der Waals surface area contributed by atoms with Crippen LogP contribution in [-0.2, 0) is 14.8 Å². The molecule has 1 aliphatic rings. The largest absolute Gasteiger partial charge is 0.481 e. The van der Waals surface area contributed by atoms with Crippen molar-refractivity contribution in [2.75, 3.05) is 13.1 Å². The van der Waals surface area contributed by atoms with Crippen molar-refractivity contribution in [1.82, 2.24) is 9.29 Å². The van der Waals surface area contributed by atoms with Crippen molar-refractivity contribution >= 4 is 26.9 Å². The maximum Gasteiger partial charge on any atom is 0.307 e. The lowest BCUT2D eigenvalue weighted by Gasteiger charge is -2.29. The molecule has 1 atom stereocenters. The molecule has 1 saturated heterocycles. The minimum absolute atomic E-state index is 0.0183. The lowest BCUT2D eigenvalue weighted by atomic mass is 10.0. The molecule has 1 fully saturated rings. The van der Waals surface area contributed by atoms with E-state index in [1.807, 2.05) is 18.2 Å². The molecule has 0 radical (unpaired) electrons. The molecule has 7 heteroatoms. The summed E-state index contributed by atoms with van der Waals surface area (Å²) in [7, 11) is -3.71. The number of hydrogen-bond acceptors (Lipinski definition) is 4. The van der Waals surface area contributed by atoms with E-state index in [1.165, 1.54) is 10.5 Å². The fourth-order valence-corrected chi connectivity index (χ4v) is 4.21. The highest BCUT2D eigenvalue weighted by Crippen LogP contribution is 2.25. The molecule has 0 bridgehead atoms. The Kier molecular flexibility index (Phi) is 3.84. The van der Waals surface area contributed by atoms with Gasteiger partial charge < -0.3 is 5.11 Å². The predicted molar refractivity (Wildman–Crippen MR) is 80.9 cm³/mol. The zero-order valence-electron chi connectivity index (χ0n) is 11.8. The number of rotatable bonds is 3. The number of carboxylic acids is 1. The molecule has 1 aromatic carbocycles. The number of benzene rings is 1. The average Bonchev–Trinajstić information content (AvgIpc) is 2.54.